The van der Waals surface area contributed by atoms with Crippen LogP contribution < -0.4 is 0 Å². The molecule has 0 aromatic heterocycles. The Labute approximate surface area is 161 Å². The van der Waals surface area contributed by atoms with E-state index in [0.29, 0.717) is 32.6 Å². The van der Waals surface area contributed by atoms with Crippen LogP contribution in [0.25, 0.3) is 0 Å². The summed E-state index contributed by atoms with van der Waals surface area (Å²) in [6.45, 7) is 8.55. The summed E-state index contributed by atoms with van der Waals surface area (Å²) in [5.74, 6) is -0.501. The van der Waals surface area contributed by atoms with Crippen LogP contribution in [0.15, 0.2) is 12.2 Å². The first-order valence-electron chi connectivity index (χ1n) is 9.55. The highest BCUT2D eigenvalue weighted by Gasteiger charge is 2.42. The van der Waals surface area contributed by atoms with Crippen molar-refractivity contribution in [3.8, 4) is 0 Å². The number of allylic oxidation sites excluding steroid dienone is 2. The second-order valence-electron chi connectivity index (χ2n) is 5.97. The van der Waals surface area contributed by atoms with E-state index < -0.39 is 25.7 Å². The van der Waals surface area contributed by atoms with Crippen molar-refractivity contribution in [1.82, 2.24) is 4.90 Å². The lowest BCUT2D eigenvalue weighted by Crippen LogP contribution is -2.44. The third kappa shape index (κ3) is 7.28. The molecule has 1 rings (SSSR count). The molecular formula is C18H32NO7P. The zero-order valence-electron chi connectivity index (χ0n) is 16.7. The Morgan fingerprint density at radius 3 is 2.19 bits per heavy atom. The Bertz CT molecular complexity index is 542. The highest BCUT2D eigenvalue weighted by atomic mass is 31.2. The van der Waals surface area contributed by atoms with Crippen LogP contribution in [-0.4, -0.2) is 62.1 Å². The van der Waals surface area contributed by atoms with Crippen molar-refractivity contribution in [3.63, 3.8) is 0 Å². The van der Waals surface area contributed by atoms with Gasteiger partial charge in [0.1, 0.15) is 6.04 Å². The van der Waals surface area contributed by atoms with Crippen molar-refractivity contribution in [2.75, 3.05) is 39.1 Å². The number of amides is 1. The summed E-state index contributed by atoms with van der Waals surface area (Å²) < 4.78 is 33.1. The molecule has 2 atom stereocenters. The molecule has 0 radical (unpaired) electrons. The molecule has 0 saturated carbocycles. The first kappa shape index (κ1) is 23.7. The monoisotopic (exact) mass is 405 g/mol. The van der Waals surface area contributed by atoms with Crippen LogP contribution in [0.1, 0.15) is 40.5 Å². The minimum absolute atomic E-state index is 0.0803. The van der Waals surface area contributed by atoms with Gasteiger partial charge in [0.2, 0.25) is 0 Å². The Hall–Kier alpha value is -1.37. The van der Waals surface area contributed by atoms with Crippen molar-refractivity contribution >= 4 is 19.7 Å². The molecule has 0 aromatic carbocycles. The zero-order valence-corrected chi connectivity index (χ0v) is 17.6. The number of rotatable bonds is 11. The number of carbonyl (C=O) groups excluding carboxylic acids is 2. The quantitative estimate of drug-likeness (QED) is 0.295. The fourth-order valence-electron chi connectivity index (χ4n) is 3.07. The van der Waals surface area contributed by atoms with Crippen molar-refractivity contribution in [1.29, 1.82) is 0 Å². The highest BCUT2D eigenvalue weighted by molar-refractivity contribution is 7.54. The summed E-state index contributed by atoms with van der Waals surface area (Å²) >= 11 is 0. The summed E-state index contributed by atoms with van der Waals surface area (Å²) in [5, 5.41) is 0. The van der Waals surface area contributed by atoms with Gasteiger partial charge in [0.25, 0.3) is 0 Å². The first-order chi connectivity index (χ1) is 12.9. The van der Waals surface area contributed by atoms with Crippen LogP contribution in [0.3, 0.4) is 0 Å². The van der Waals surface area contributed by atoms with E-state index in [1.54, 1.807) is 33.8 Å². The standard InChI is InChI=1S/C18H32NO7P/c1-5-23-17(20)16-15(12-13-19(16)18(21)24-6-2)11-9-10-14-27(22,25-7-3)26-8-4/h9-10,15-16H,5-8,11-14H2,1-4H3. The van der Waals surface area contributed by atoms with E-state index in [1.165, 1.54) is 4.90 Å². The maximum absolute atomic E-state index is 12.4. The van der Waals surface area contributed by atoms with Crippen LogP contribution in [-0.2, 0) is 27.9 Å². The molecule has 0 aliphatic carbocycles. The Morgan fingerprint density at radius 2 is 1.63 bits per heavy atom. The molecule has 156 valence electrons. The van der Waals surface area contributed by atoms with E-state index in [-0.39, 0.29) is 25.3 Å². The highest BCUT2D eigenvalue weighted by Crippen LogP contribution is 2.48. The fourth-order valence-corrected chi connectivity index (χ4v) is 4.55. The summed E-state index contributed by atoms with van der Waals surface area (Å²) in [5.41, 5.74) is 0. The summed E-state index contributed by atoms with van der Waals surface area (Å²) in [6.07, 6.45) is 4.50. The van der Waals surface area contributed by atoms with Crippen LogP contribution in [0, 0.1) is 5.92 Å². The second-order valence-corrected chi connectivity index (χ2v) is 8.08. The Balaban J connectivity index is 2.74. The van der Waals surface area contributed by atoms with Gasteiger partial charge in [-0.05, 0) is 46.5 Å². The molecule has 1 saturated heterocycles. The summed E-state index contributed by atoms with van der Waals surface area (Å²) in [7, 11) is -3.13. The number of likely N-dealkylation sites (tertiary alicyclic amines) is 1. The molecule has 1 aliphatic rings. The third-order valence-corrected chi connectivity index (χ3v) is 6.10. The Kier molecular flexibility index (Phi) is 10.7. The fraction of sp³-hybridized carbons (Fsp3) is 0.778. The third-order valence-electron chi connectivity index (χ3n) is 4.14. The first-order valence-corrected chi connectivity index (χ1v) is 11.3. The molecule has 27 heavy (non-hydrogen) atoms. The molecule has 1 amide bonds. The van der Waals surface area contributed by atoms with Crippen LogP contribution in [0.4, 0.5) is 4.79 Å². The van der Waals surface area contributed by atoms with Gasteiger partial charge in [-0.2, -0.15) is 0 Å². The topological polar surface area (TPSA) is 91.4 Å². The van der Waals surface area contributed by atoms with Gasteiger partial charge in [-0.15, -0.1) is 0 Å². The van der Waals surface area contributed by atoms with Gasteiger partial charge >= 0.3 is 19.7 Å². The number of nitrogens with zero attached hydrogens (tertiary/aromatic N) is 1. The largest absolute Gasteiger partial charge is 0.464 e. The molecule has 2 unspecified atom stereocenters. The van der Waals surface area contributed by atoms with Crippen LogP contribution in [0.5, 0.6) is 0 Å². The lowest BCUT2D eigenvalue weighted by atomic mass is 9.96. The minimum atomic E-state index is -3.13. The zero-order chi connectivity index (χ0) is 20.3. The molecule has 0 aromatic rings. The summed E-state index contributed by atoms with van der Waals surface area (Å²) in [6, 6.07) is -0.667. The summed E-state index contributed by atoms with van der Waals surface area (Å²) in [4.78, 5) is 25.9. The lowest BCUT2D eigenvalue weighted by molar-refractivity contribution is -0.149. The van der Waals surface area contributed by atoms with Crippen molar-refractivity contribution in [2.45, 2.75) is 46.6 Å². The number of hydrogen-bond acceptors (Lipinski definition) is 7. The van der Waals surface area contributed by atoms with Crippen molar-refractivity contribution in [2.24, 2.45) is 5.92 Å². The predicted molar refractivity (Wildman–Crippen MR) is 102 cm³/mol. The normalized spacial score (nSPS) is 20.2. The minimum Gasteiger partial charge on any atom is -0.464 e. The molecule has 1 aliphatic heterocycles. The number of hydrogen-bond donors (Lipinski definition) is 0. The van der Waals surface area contributed by atoms with Gasteiger partial charge in [-0.25, -0.2) is 9.59 Å². The average Bonchev–Trinajstić information content (AvgIpc) is 3.04. The maximum atomic E-state index is 12.4. The molecule has 9 heteroatoms. The van der Waals surface area contributed by atoms with Crippen LogP contribution >= 0.6 is 7.60 Å². The molecule has 1 heterocycles. The van der Waals surface area contributed by atoms with E-state index in [9.17, 15) is 14.2 Å². The van der Waals surface area contributed by atoms with E-state index >= 15 is 0 Å². The molecule has 1 fully saturated rings. The number of ether oxygens (including phenoxy) is 2. The van der Waals surface area contributed by atoms with Crippen molar-refractivity contribution in [3.05, 3.63) is 12.2 Å². The van der Waals surface area contributed by atoms with Crippen molar-refractivity contribution < 1.29 is 32.7 Å². The smallest absolute Gasteiger partial charge is 0.410 e. The molecule has 0 N–H and O–H groups in total. The number of carbonyl (C=O) groups is 2. The molecule has 8 nitrogen and oxygen atoms in total. The van der Waals surface area contributed by atoms with Gasteiger partial charge in [0, 0.05) is 6.54 Å². The SMILES string of the molecule is CCOC(=O)C1C(CC=CCP(=O)(OCC)OCC)CCN1C(=O)OCC. The lowest BCUT2D eigenvalue weighted by Gasteiger charge is -2.25. The van der Waals surface area contributed by atoms with E-state index in [2.05, 4.69) is 0 Å². The maximum Gasteiger partial charge on any atom is 0.410 e. The van der Waals surface area contributed by atoms with E-state index in [4.69, 9.17) is 18.5 Å². The number of esters is 1. The van der Waals surface area contributed by atoms with Gasteiger partial charge in [0.15, 0.2) is 0 Å². The van der Waals surface area contributed by atoms with Gasteiger partial charge in [-0.3, -0.25) is 9.46 Å². The molecular weight excluding hydrogens is 373 g/mol. The molecule has 0 spiro atoms. The van der Waals surface area contributed by atoms with Gasteiger partial charge in [-0.1, -0.05) is 12.2 Å². The molecule has 0 bridgehead atoms. The Morgan fingerprint density at radius 1 is 1.00 bits per heavy atom. The van der Waals surface area contributed by atoms with Gasteiger partial charge < -0.3 is 18.5 Å². The van der Waals surface area contributed by atoms with E-state index in [0.717, 1.165) is 0 Å². The predicted octanol–water partition coefficient (Wildman–Crippen LogP) is 3.61. The van der Waals surface area contributed by atoms with Gasteiger partial charge in [0.05, 0.1) is 32.6 Å². The van der Waals surface area contributed by atoms with Crippen LogP contribution in [0.2, 0.25) is 0 Å². The average molecular weight is 405 g/mol. The van der Waals surface area contributed by atoms with E-state index in [1.807, 2.05) is 6.08 Å². The second kappa shape index (κ2) is 12.2.